The molecule has 2 saturated carbocycles. The fourth-order valence-electron chi connectivity index (χ4n) is 6.09. The van der Waals surface area contributed by atoms with Gasteiger partial charge in [0.15, 0.2) is 5.78 Å². The van der Waals surface area contributed by atoms with Gasteiger partial charge >= 0.3 is 5.97 Å². The van der Waals surface area contributed by atoms with Gasteiger partial charge in [-0.05, 0) is 92.4 Å². The van der Waals surface area contributed by atoms with Gasteiger partial charge in [0.05, 0.1) is 12.2 Å². The highest BCUT2D eigenvalue weighted by Gasteiger charge is 2.29. The van der Waals surface area contributed by atoms with Crippen molar-refractivity contribution in [2.24, 2.45) is 11.8 Å². The molecular weight excluding hydrogens is 478 g/mol. The monoisotopic (exact) mass is 521 g/mol. The van der Waals surface area contributed by atoms with Crippen molar-refractivity contribution in [1.82, 2.24) is 5.32 Å². The molecule has 0 saturated heterocycles. The third-order valence-corrected chi connectivity index (χ3v) is 8.36. The van der Waals surface area contributed by atoms with Crippen LogP contribution in [0.5, 0.6) is 0 Å². The van der Waals surface area contributed by atoms with Crippen LogP contribution in [0.1, 0.15) is 128 Å². The lowest BCUT2D eigenvalue weighted by atomic mass is 9.76. The molecule has 1 N–H and O–H groups in total. The predicted molar refractivity (Wildman–Crippen MR) is 151 cm³/mol. The number of carbonyl (C=O) groups excluding carboxylic acids is 4. The normalized spacial score (nSPS) is 23.2. The zero-order chi connectivity index (χ0) is 27.8. The summed E-state index contributed by atoms with van der Waals surface area (Å²) in [5, 5.41) is 4.59. The lowest BCUT2D eigenvalue weighted by molar-refractivity contribution is -0.0980. The Bertz CT molecular complexity index is 1140. The fraction of sp³-hybridized carbons (Fsp3) is 0.562. The van der Waals surface area contributed by atoms with Gasteiger partial charge in [-0.25, -0.2) is 4.79 Å². The molecule has 6 nitrogen and oxygen atoms in total. The van der Waals surface area contributed by atoms with Crippen molar-refractivity contribution in [3.05, 3.63) is 46.5 Å². The Balaban J connectivity index is 0.00000195. The average molecular weight is 522 g/mol. The van der Waals surface area contributed by atoms with E-state index in [1.165, 1.54) is 0 Å². The third kappa shape index (κ3) is 6.51. The number of carbonyl (C=O) groups is 4. The van der Waals surface area contributed by atoms with Crippen LogP contribution in [0.25, 0.3) is 10.8 Å². The Kier molecular flexibility index (Phi) is 10.6. The molecule has 4 rings (SSSR count). The van der Waals surface area contributed by atoms with E-state index in [9.17, 15) is 14.4 Å². The number of Topliss-reactive ketones (excluding diaryl/α,β-unsaturated/α-hetero) is 1. The minimum Gasteiger partial charge on any atom is -0.462 e. The number of benzene rings is 2. The van der Waals surface area contributed by atoms with Crippen LogP contribution in [0, 0.1) is 11.8 Å². The summed E-state index contributed by atoms with van der Waals surface area (Å²) in [4.78, 5) is 47.9. The molecule has 0 bridgehead atoms. The summed E-state index contributed by atoms with van der Waals surface area (Å²) in [5.74, 6) is 1.10. The van der Waals surface area contributed by atoms with E-state index < -0.39 is 5.97 Å². The highest BCUT2D eigenvalue weighted by atomic mass is 16.5. The first-order chi connectivity index (χ1) is 18.3. The van der Waals surface area contributed by atoms with Crippen LogP contribution < -0.4 is 5.32 Å². The summed E-state index contributed by atoms with van der Waals surface area (Å²) >= 11 is 0. The second-order valence-corrected chi connectivity index (χ2v) is 11.0. The Morgan fingerprint density at radius 3 is 1.92 bits per heavy atom. The first-order valence-corrected chi connectivity index (χ1v) is 14.2. The summed E-state index contributed by atoms with van der Waals surface area (Å²) in [5.41, 5.74) is 2.52. The zero-order valence-electron chi connectivity index (χ0n) is 23.4. The molecule has 0 aromatic heterocycles. The Labute approximate surface area is 226 Å². The Morgan fingerprint density at radius 2 is 1.34 bits per heavy atom. The van der Waals surface area contributed by atoms with Gasteiger partial charge in [-0.1, -0.05) is 39.7 Å². The van der Waals surface area contributed by atoms with E-state index in [2.05, 4.69) is 19.2 Å². The van der Waals surface area contributed by atoms with Crippen molar-refractivity contribution < 1.29 is 23.9 Å². The van der Waals surface area contributed by atoms with Crippen molar-refractivity contribution in [3.8, 4) is 0 Å². The van der Waals surface area contributed by atoms with Crippen LogP contribution in [0.4, 0.5) is 0 Å². The van der Waals surface area contributed by atoms with Gasteiger partial charge in [-0.15, -0.1) is 0 Å². The molecule has 206 valence electrons. The molecule has 0 radical (unpaired) electrons. The molecule has 38 heavy (non-hydrogen) atoms. The summed E-state index contributed by atoms with van der Waals surface area (Å²) in [6.07, 6.45) is 8.89. The van der Waals surface area contributed by atoms with Crippen LogP contribution >= 0.6 is 0 Å². The first-order valence-electron chi connectivity index (χ1n) is 14.2. The Morgan fingerprint density at radius 1 is 0.789 bits per heavy atom. The maximum atomic E-state index is 13.7. The molecule has 0 spiro atoms. The van der Waals surface area contributed by atoms with Crippen LogP contribution in [0.2, 0.25) is 0 Å². The van der Waals surface area contributed by atoms with E-state index in [4.69, 9.17) is 9.53 Å². The molecule has 0 heterocycles. The number of amides is 1. The van der Waals surface area contributed by atoms with Gasteiger partial charge in [0.1, 0.15) is 6.79 Å². The number of rotatable bonds is 7. The van der Waals surface area contributed by atoms with Gasteiger partial charge in [-0.2, -0.15) is 0 Å². The number of hydrogen-bond donors (Lipinski definition) is 1. The van der Waals surface area contributed by atoms with Gasteiger partial charge < -0.3 is 14.8 Å². The smallest absolute Gasteiger partial charge is 0.338 e. The second-order valence-electron chi connectivity index (χ2n) is 11.0. The highest BCUT2D eigenvalue weighted by Crippen LogP contribution is 2.41. The molecule has 0 aliphatic heterocycles. The van der Waals surface area contributed by atoms with E-state index in [0.29, 0.717) is 46.3 Å². The van der Waals surface area contributed by atoms with Gasteiger partial charge in [-0.3, -0.25) is 9.59 Å². The predicted octanol–water partition coefficient (Wildman–Crippen LogP) is 7.03. The number of ketones is 1. The molecule has 2 aromatic rings. The second kappa shape index (κ2) is 13.7. The van der Waals surface area contributed by atoms with Crippen LogP contribution in [0.15, 0.2) is 24.3 Å². The van der Waals surface area contributed by atoms with Crippen LogP contribution in [-0.4, -0.2) is 37.1 Å². The van der Waals surface area contributed by atoms with Gasteiger partial charge in [0.2, 0.25) is 0 Å². The van der Waals surface area contributed by atoms with Crippen molar-refractivity contribution in [3.63, 3.8) is 0 Å². The lowest BCUT2D eigenvalue weighted by Gasteiger charge is -2.29. The van der Waals surface area contributed by atoms with E-state index in [1.807, 2.05) is 25.8 Å². The number of nitrogens with one attached hydrogen (secondary N) is 1. The fourth-order valence-corrected chi connectivity index (χ4v) is 6.09. The summed E-state index contributed by atoms with van der Waals surface area (Å²) in [6, 6.07) is 7.49. The van der Waals surface area contributed by atoms with Crippen molar-refractivity contribution >= 4 is 35.2 Å². The van der Waals surface area contributed by atoms with E-state index in [1.54, 1.807) is 19.1 Å². The van der Waals surface area contributed by atoms with Gasteiger partial charge in [0, 0.05) is 29.0 Å². The van der Waals surface area contributed by atoms with E-state index >= 15 is 0 Å². The van der Waals surface area contributed by atoms with E-state index in [0.717, 1.165) is 62.3 Å². The molecule has 1 amide bonds. The Hall–Kier alpha value is -3.02. The largest absolute Gasteiger partial charge is 0.462 e. The maximum Gasteiger partial charge on any atom is 0.338 e. The summed E-state index contributed by atoms with van der Waals surface area (Å²) < 4.78 is 5.40. The first kappa shape index (κ1) is 29.5. The molecular formula is C32H43NO5. The number of fused-ring (bicyclic) bond motifs is 1. The SMILES string of the molecule is C=O.CCOC(=O)c1ccc(C2CCC(C)CC2)c2c(C(=O)CC)ccc(C(=O)NC3CCC(C)CC3)c12. The third-order valence-electron chi connectivity index (χ3n) is 8.36. The number of esters is 1. The van der Waals surface area contributed by atoms with Gasteiger partial charge in [0.25, 0.3) is 5.91 Å². The lowest BCUT2D eigenvalue weighted by Crippen LogP contribution is -2.37. The minimum atomic E-state index is -0.451. The summed E-state index contributed by atoms with van der Waals surface area (Å²) in [6.45, 7) is 10.4. The highest BCUT2D eigenvalue weighted by molar-refractivity contribution is 6.20. The quantitative estimate of drug-likeness (QED) is 0.312. The number of hydrogen-bond acceptors (Lipinski definition) is 5. The standard InChI is InChI=1S/C31H41NO4.CH2O/c1-5-27(33)24-16-17-25(30(34)32-22-13-9-20(4)10-14-22)29-26(31(35)36-6-2)18-15-23(28(24)29)21-11-7-19(3)8-12-21;1-2/h15-22H,5-14H2,1-4H3,(H,32,34);1H2. The molecule has 2 fully saturated rings. The topological polar surface area (TPSA) is 89.5 Å². The minimum absolute atomic E-state index is 0.0275. The van der Waals surface area contributed by atoms with Crippen molar-refractivity contribution in [2.45, 2.75) is 97.4 Å². The average Bonchev–Trinajstić information content (AvgIpc) is 2.94. The molecule has 0 unspecified atom stereocenters. The number of ether oxygens (including phenoxy) is 1. The van der Waals surface area contributed by atoms with E-state index in [-0.39, 0.29) is 24.3 Å². The zero-order valence-corrected chi connectivity index (χ0v) is 23.4. The van der Waals surface area contributed by atoms with Crippen molar-refractivity contribution in [2.75, 3.05) is 6.61 Å². The molecule has 6 heteroatoms. The molecule has 2 aliphatic rings. The summed E-state index contributed by atoms with van der Waals surface area (Å²) in [7, 11) is 0. The molecule has 2 aromatic carbocycles. The molecule has 2 aliphatic carbocycles. The van der Waals surface area contributed by atoms with Crippen molar-refractivity contribution in [1.29, 1.82) is 0 Å². The maximum absolute atomic E-state index is 13.7. The van der Waals surface area contributed by atoms with Crippen LogP contribution in [0.3, 0.4) is 0 Å². The van der Waals surface area contributed by atoms with Crippen LogP contribution in [-0.2, 0) is 9.53 Å². The molecule has 0 atom stereocenters.